The van der Waals surface area contributed by atoms with Gasteiger partial charge >= 0.3 is 0 Å². The van der Waals surface area contributed by atoms with Crippen LogP contribution in [0.1, 0.15) is 77.0 Å². The Kier molecular flexibility index (Phi) is 3.75. The van der Waals surface area contributed by atoms with Crippen LogP contribution in [0.5, 0.6) is 0 Å². The van der Waals surface area contributed by atoms with Crippen molar-refractivity contribution in [3.63, 3.8) is 0 Å². The van der Waals surface area contributed by atoms with Crippen LogP contribution in [0.4, 0.5) is 0 Å². The summed E-state index contributed by atoms with van der Waals surface area (Å²) in [7, 11) is 0. The van der Waals surface area contributed by atoms with Crippen molar-refractivity contribution in [2.75, 3.05) is 0 Å². The van der Waals surface area contributed by atoms with Gasteiger partial charge in [-0.2, -0.15) is 0 Å². The zero-order chi connectivity index (χ0) is 13.4. The lowest BCUT2D eigenvalue weighted by Crippen LogP contribution is -2.19. The molecule has 0 aromatic carbocycles. The van der Waals surface area contributed by atoms with E-state index in [-0.39, 0.29) is 0 Å². The van der Waals surface area contributed by atoms with E-state index in [9.17, 15) is 0 Å². The topological polar surface area (TPSA) is 0 Å². The molecule has 0 heterocycles. The Hall–Kier alpha value is -0.520. The zero-order valence-electron chi connectivity index (χ0n) is 12.9. The first-order chi connectivity index (χ1) is 9.92. The average Bonchev–Trinajstić information content (AvgIpc) is 3.09. The highest BCUT2D eigenvalue weighted by Gasteiger charge is 2.34. The molecule has 0 radical (unpaired) electrons. The van der Waals surface area contributed by atoms with Gasteiger partial charge in [0.2, 0.25) is 0 Å². The zero-order valence-corrected chi connectivity index (χ0v) is 12.9. The van der Waals surface area contributed by atoms with Crippen LogP contribution in [-0.2, 0) is 0 Å². The van der Waals surface area contributed by atoms with Crippen LogP contribution in [0.3, 0.4) is 0 Å². The third-order valence-electron chi connectivity index (χ3n) is 6.83. The summed E-state index contributed by atoms with van der Waals surface area (Å²) >= 11 is 0. The minimum absolute atomic E-state index is 1.00. The molecule has 0 spiro atoms. The smallest absolute Gasteiger partial charge is 0.0172 e. The molecule has 0 aromatic rings. The Balaban J connectivity index is 1.31. The molecule has 4 aliphatic carbocycles. The van der Waals surface area contributed by atoms with E-state index in [0.29, 0.717) is 0 Å². The predicted molar refractivity (Wildman–Crippen MR) is 85.5 cm³/mol. The molecule has 20 heavy (non-hydrogen) atoms. The first kappa shape index (κ1) is 13.2. The molecule has 0 aliphatic heterocycles. The van der Waals surface area contributed by atoms with E-state index >= 15 is 0 Å². The second-order valence-corrected chi connectivity index (χ2v) is 7.83. The van der Waals surface area contributed by atoms with E-state index in [0.717, 1.165) is 23.7 Å². The Labute approximate surface area is 124 Å². The van der Waals surface area contributed by atoms with Gasteiger partial charge in [-0.1, -0.05) is 36.1 Å². The van der Waals surface area contributed by atoms with Gasteiger partial charge < -0.3 is 0 Å². The first-order valence-corrected chi connectivity index (χ1v) is 9.29. The van der Waals surface area contributed by atoms with Crippen LogP contribution in [0.15, 0.2) is 23.3 Å². The molecule has 0 aromatic heterocycles. The van der Waals surface area contributed by atoms with Crippen LogP contribution in [0, 0.1) is 23.7 Å². The summed E-state index contributed by atoms with van der Waals surface area (Å²) in [6.45, 7) is 0. The van der Waals surface area contributed by atoms with Crippen LogP contribution in [-0.4, -0.2) is 0 Å². The van der Waals surface area contributed by atoms with E-state index in [1.807, 2.05) is 11.1 Å². The maximum Gasteiger partial charge on any atom is -0.0172 e. The summed E-state index contributed by atoms with van der Waals surface area (Å²) in [6.07, 6.45) is 22.9. The van der Waals surface area contributed by atoms with E-state index in [4.69, 9.17) is 0 Å². The van der Waals surface area contributed by atoms with Gasteiger partial charge in [-0.3, -0.25) is 0 Å². The fourth-order valence-electron chi connectivity index (χ4n) is 5.71. The Morgan fingerprint density at radius 1 is 0.700 bits per heavy atom. The summed E-state index contributed by atoms with van der Waals surface area (Å²) in [4.78, 5) is 0. The minimum atomic E-state index is 1.00. The lowest BCUT2D eigenvalue weighted by molar-refractivity contribution is 0.266. The fourth-order valence-corrected chi connectivity index (χ4v) is 5.71. The van der Waals surface area contributed by atoms with Crippen LogP contribution in [0.25, 0.3) is 0 Å². The number of hydrogen-bond donors (Lipinski definition) is 0. The van der Waals surface area contributed by atoms with Gasteiger partial charge in [0.1, 0.15) is 0 Å². The highest BCUT2D eigenvalue weighted by molar-refractivity contribution is 5.19. The lowest BCUT2D eigenvalue weighted by atomic mass is 9.75. The van der Waals surface area contributed by atoms with Crippen molar-refractivity contribution in [2.45, 2.75) is 77.0 Å². The average molecular weight is 270 g/mol. The molecule has 0 heteroatoms. The quantitative estimate of drug-likeness (QED) is 0.548. The third-order valence-corrected chi connectivity index (χ3v) is 6.83. The molecule has 4 rings (SSSR count). The molecular weight excluding hydrogens is 240 g/mol. The standard InChI is InChI=1S/C20H30/c1-3-7-19-15(5-1)9-11-17(19)13-14-18-12-10-16-6-2-4-8-20(16)18/h9-10,17-20H,1-8,11-14H2. The van der Waals surface area contributed by atoms with E-state index < -0.39 is 0 Å². The number of fused-ring (bicyclic) bond motifs is 2. The second kappa shape index (κ2) is 5.70. The minimum Gasteiger partial charge on any atom is -0.0847 e. The van der Waals surface area contributed by atoms with Crippen LogP contribution in [0.2, 0.25) is 0 Å². The number of rotatable bonds is 3. The van der Waals surface area contributed by atoms with Crippen molar-refractivity contribution in [1.82, 2.24) is 0 Å². The second-order valence-electron chi connectivity index (χ2n) is 7.83. The van der Waals surface area contributed by atoms with Gasteiger partial charge in [0.05, 0.1) is 0 Å². The molecule has 0 saturated heterocycles. The Morgan fingerprint density at radius 2 is 1.20 bits per heavy atom. The fraction of sp³-hybridized carbons (Fsp3) is 0.800. The van der Waals surface area contributed by atoms with Gasteiger partial charge in [-0.05, 0) is 87.9 Å². The highest BCUT2D eigenvalue weighted by Crippen LogP contribution is 2.47. The van der Waals surface area contributed by atoms with Gasteiger partial charge in [0.25, 0.3) is 0 Å². The molecule has 4 aliphatic rings. The van der Waals surface area contributed by atoms with Gasteiger partial charge in [0, 0.05) is 0 Å². The molecule has 0 amide bonds. The van der Waals surface area contributed by atoms with Crippen molar-refractivity contribution >= 4 is 0 Å². The maximum atomic E-state index is 2.62. The molecular formula is C20H30. The molecule has 2 saturated carbocycles. The monoisotopic (exact) mass is 270 g/mol. The Morgan fingerprint density at radius 3 is 1.70 bits per heavy atom. The molecule has 0 bridgehead atoms. The molecule has 4 atom stereocenters. The summed E-state index contributed by atoms with van der Waals surface area (Å²) in [5, 5.41) is 0. The first-order valence-electron chi connectivity index (χ1n) is 9.29. The molecule has 110 valence electrons. The maximum absolute atomic E-state index is 2.62. The number of hydrogen-bond acceptors (Lipinski definition) is 0. The van der Waals surface area contributed by atoms with Crippen LogP contribution < -0.4 is 0 Å². The normalized spacial score (nSPS) is 40.0. The van der Waals surface area contributed by atoms with Crippen molar-refractivity contribution in [3.8, 4) is 0 Å². The van der Waals surface area contributed by atoms with Crippen molar-refractivity contribution in [3.05, 3.63) is 23.3 Å². The predicted octanol–water partition coefficient (Wildman–Crippen LogP) is 6.04. The van der Waals surface area contributed by atoms with E-state index in [2.05, 4.69) is 12.2 Å². The van der Waals surface area contributed by atoms with Gasteiger partial charge in [-0.15, -0.1) is 0 Å². The molecule has 2 fully saturated rings. The summed E-state index contributed by atoms with van der Waals surface area (Å²) in [6, 6.07) is 0. The Bertz CT molecular complexity index is 374. The summed E-state index contributed by atoms with van der Waals surface area (Å²) in [5.41, 5.74) is 3.70. The van der Waals surface area contributed by atoms with E-state index in [1.165, 1.54) is 77.0 Å². The third kappa shape index (κ3) is 2.40. The van der Waals surface area contributed by atoms with Crippen molar-refractivity contribution < 1.29 is 0 Å². The lowest BCUT2D eigenvalue weighted by Gasteiger charge is -2.30. The number of allylic oxidation sites excluding steroid dienone is 4. The highest BCUT2D eigenvalue weighted by atomic mass is 14.4. The van der Waals surface area contributed by atoms with Gasteiger partial charge in [0.15, 0.2) is 0 Å². The summed E-state index contributed by atoms with van der Waals surface area (Å²) < 4.78 is 0. The van der Waals surface area contributed by atoms with Crippen molar-refractivity contribution in [2.24, 2.45) is 23.7 Å². The van der Waals surface area contributed by atoms with Crippen molar-refractivity contribution in [1.29, 1.82) is 0 Å². The largest absolute Gasteiger partial charge is 0.0847 e. The van der Waals surface area contributed by atoms with Gasteiger partial charge in [-0.25, -0.2) is 0 Å². The SMILES string of the molecule is C1=C2CCCCC2C(CCC2CC=C3CCCCC32)C1. The molecule has 0 N–H and O–H groups in total. The van der Waals surface area contributed by atoms with Crippen LogP contribution >= 0.6 is 0 Å². The van der Waals surface area contributed by atoms with E-state index in [1.54, 1.807) is 0 Å². The molecule has 4 unspecified atom stereocenters. The molecule has 0 nitrogen and oxygen atoms in total. The summed E-state index contributed by atoms with van der Waals surface area (Å²) in [5.74, 6) is 4.06.